The smallest absolute Gasteiger partial charge is 0.309 e. The summed E-state index contributed by atoms with van der Waals surface area (Å²) < 4.78 is 0. The van der Waals surface area contributed by atoms with Crippen molar-refractivity contribution in [1.82, 2.24) is 5.32 Å². The highest BCUT2D eigenvalue weighted by Crippen LogP contribution is 2.56. The molecule has 0 heterocycles. The van der Waals surface area contributed by atoms with Crippen molar-refractivity contribution in [2.75, 3.05) is 6.54 Å². The van der Waals surface area contributed by atoms with Gasteiger partial charge in [-0.15, -0.1) is 0 Å². The maximum atomic E-state index is 12.5. The van der Waals surface area contributed by atoms with E-state index < -0.39 is 11.4 Å². The third-order valence-electron chi connectivity index (χ3n) is 6.16. The lowest BCUT2D eigenvalue weighted by molar-refractivity contribution is -0.147. The number of carbonyl (C=O) groups is 2. The fourth-order valence-electron chi connectivity index (χ4n) is 5.08. The summed E-state index contributed by atoms with van der Waals surface area (Å²) in [7, 11) is 0. The zero-order valence-electron chi connectivity index (χ0n) is 13.1. The molecule has 4 bridgehead atoms. The first-order valence-electron chi connectivity index (χ1n) is 8.38. The Hall–Kier alpha value is -1.06. The van der Waals surface area contributed by atoms with Crippen LogP contribution in [0.15, 0.2) is 0 Å². The number of carboxylic acid groups (broad SMARTS) is 1. The van der Waals surface area contributed by atoms with Gasteiger partial charge in [-0.3, -0.25) is 9.59 Å². The molecular formula is C17H27NO3. The molecule has 4 aliphatic carbocycles. The van der Waals surface area contributed by atoms with Crippen LogP contribution in [0.4, 0.5) is 0 Å². The molecule has 4 heteroatoms. The second-order valence-electron chi connectivity index (χ2n) is 8.19. The quantitative estimate of drug-likeness (QED) is 0.819. The van der Waals surface area contributed by atoms with Gasteiger partial charge in [0.1, 0.15) is 0 Å². The maximum Gasteiger partial charge on any atom is 0.309 e. The molecule has 0 radical (unpaired) electrons. The number of rotatable bonds is 5. The highest BCUT2D eigenvalue weighted by Gasteiger charge is 2.50. The number of hydrogen-bond donors (Lipinski definition) is 2. The standard InChI is InChI=1S/C17H27NO3/c1-17(2,16(20)21)3-4-18-15(19)14-12-6-10-5-11(8-12)9-13(14)7-10/h10-14H,3-9H2,1-2H3,(H,18,19)(H,20,21). The summed E-state index contributed by atoms with van der Waals surface area (Å²) in [6, 6.07) is 0. The van der Waals surface area contributed by atoms with Crippen LogP contribution in [0, 0.1) is 35.0 Å². The van der Waals surface area contributed by atoms with Crippen LogP contribution in [-0.2, 0) is 9.59 Å². The Kier molecular flexibility index (Phi) is 3.74. The van der Waals surface area contributed by atoms with Gasteiger partial charge < -0.3 is 10.4 Å². The van der Waals surface area contributed by atoms with Gasteiger partial charge in [-0.1, -0.05) is 0 Å². The molecule has 4 fully saturated rings. The van der Waals surface area contributed by atoms with E-state index in [-0.39, 0.29) is 11.8 Å². The van der Waals surface area contributed by atoms with Crippen molar-refractivity contribution in [3.63, 3.8) is 0 Å². The van der Waals surface area contributed by atoms with E-state index in [1.54, 1.807) is 13.8 Å². The van der Waals surface area contributed by atoms with E-state index in [1.807, 2.05) is 0 Å². The van der Waals surface area contributed by atoms with Crippen molar-refractivity contribution in [2.45, 2.75) is 52.4 Å². The van der Waals surface area contributed by atoms with Gasteiger partial charge in [-0.25, -0.2) is 0 Å². The molecule has 4 saturated carbocycles. The molecule has 4 nitrogen and oxygen atoms in total. The predicted octanol–water partition coefficient (Wildman–Crippen LogP) is 2.68. The van der Waals surface area contributed by atoms with Gasteiger partial charge in [0.15, 0.2) is 0 Å². The Morgan fingerprint density at radius 1 is 1.05 bits per heavy atom. The Morgan fingerprint density at radius 2 is 1.57 bits per heavy atom. The normalized spacial score (nSPS) is 37.5. The van der Waals surface area contributed by atoms with Crippen molar-refractivity contribution >= 4 is 11.9 Å². The number of hydrogen-bond acceptors (Lipinski definition) is 2. The fraction of sp³-hybridized carbons (Fsp3) is 0.882. The third-order valence-corrected chi connectivity index (χ3v) is 6.16. The summed E-state index contributed by atoms with van der Waals surface area (Å²) in [4.78, 5) is 23.6. The average Bonchev–Trinajstić information content (AvgIpc) is 2.36. The summed E-state index contributed by atoms with van der Waals surface area (Å²) in [5, 5.41) is 12.1. The van der Waals surface area contributed by atoms with Crippen molar-refractivity contribution < 1.29 is 14.7 Å². The topological polar surface area (TPSA) is 66.4 Å². The first-order chi connectivity index (χ1) is 9.87. The zero-order valence-corrected chi connectivity index (χ0v) is 13.1. The molecule has 21 heavy (non-hydrogen) atoms. The summed E-state index contributed by atoms with van der Waals surface area (Å²) >= 11 is 0. The van der Waals surface area contributed by atoms with Gasteiger partial charge in [0.05, 0.1) is 5.41 Å². The lowest BCUT2D eigenvalue weighted by atomic mass is 9.51. The lowest BCUT2D eigenvalue weighted by Gasteiger charge is -2.53. The van der Waals surface area contributed by atoms with Crippen LogP contribution in [0.5, 0.6) is 0 Å². The van der Waals surface area contributed by atoms with E-state index >= 15 is 0 Å². The Labute approximate surface area is 126 Å². The minimum Gasteiger partial charge on any atom is -0.481 e. The average molecular weight is 293 g/mol. The highest BCUT2D eigenvalue weighted by molar-refractivity contribution is 5.80. The zero-order chi connectivity index (χ0) is 15.2. The summed E-state index contributed by atoms with van der Waals surface area (Å²) in [5.41, 5.74) is -0.767. The van der Waals surface area contributed by atoms with E-state index in [0.717, 1.165) is 11.8 Å². The SMILES string of the molecule is CC(C)(CCNC(=O)C1C2CC3CC(C2)CC1C3)C(=O)O. The molecule has 0 unspecified atom stereocenters. The van der Waals surface area contributed by atoms with E-state index in [1.165, 1.54) is 32.1 Å². The maximum absolute atomic E-state index is 12.5. The highest BCUT2D eigenvalue weighted by atomic mass is 16.4. The molecule has 0 saturated heterocycles. The summed E-state index contributed by atoms with van der Waals surface area (Å²) in [6.07, 6.45) is 6.85. The number of carboxylic acids is 1. The van der Waals surface area contributed by atoms with Gasteiger partial charge in [-0.05, 0) is 76.0 Å². The summed E-state index contributed by atoms with van der Waals surface area (Å²) in [6.45, 7) is 3.90. The van der Waals surface area contributed by atoms with Gasteiger partial charge in [0.25, 0.3) is 0 Å². The van der Waals surface area contributed by atoms with Crippen molar-refractivity contribution in [1.29, 1.82) is 0 Å². The van der Waals surface area contributed by atoms with E-state index in [9.17, 15) is 9.59 Å². The molecule has 0 spiro atoms. The van der Waals surface area contributed by atoms with E-state index in [2.05, 4.69) is 5.32 Å². The first-order valence-corrected chi connectivity index (χ1v) is 8.38. The van der Waals surface area contributed by atoms with Crippen molar-refractivity contribution in [2.24, 2.45) is 35.0 Å². The van der Waals surface area contributed by atoms with Crippen molar-refractivity contribution in [3.8, 4) is 0 Å². The fourth-order valence-corrected chi connectivity index (χ4v) is 5.08. The second kappa shape index (κ2) is 5.29. The van der Waals surface area contributed by atoms with Crippen LogP contribution in [0.2, 0.25) is 0 Å². The van der Waals surface area contributed by atoms with Crippen LogP contribution in [0.3, 0.4) is 0 Å². The van der Waals surface area contributed by atoms with Crippen molar-refractivity contribution in [3.05, 3.63) is 0 Å². The predicted molar refractivity (Wildman–Crippen MR) is 79.6 cm³/mol. The molecule has 1 amide bonds. The van der Waals surface area contributed by atoms with E-state index in [0.29, 0.717) is 24.8 Å². The van der Waals surface area contributed by atoms with Crippen LogP contribution in [0.1, 0.15) is 52.4 Å². The number of amides is 1. The van der Waals surface area contributed by atoms with Crippen LogP contribution in [-0.4, -0.2) is 23.5 Å². The molecule has 0 aliphatic heterocycles. The Morgan fingerprint density at radius 3 is 2.05 bits per heavy atom. The number of carbonyl (C=O) groups excluding carboxylic acids is 1. The van der Waals surface area contributed by atoms with Gasteiger partial charge >= 0.3 is 5.97 Å². The molecule has 4 rings (SSSR count). The van der Waals surface area contributed by atoms with Gasteiger partial charge in [-0.2, -0.15) is 0 Å². The monoisotopic (exact) mass is 293 g/mol. The molecule has 0 aromatic heterocycles. The minimum atomic E-state index is -0.800. The van der Waals surface area contributed by atoms with Gasteiger partial charge in [0, 0.05) is 12.5 Å². The molecular weight excluding hydrogens is 266 g/mol. The van der Waals surface area contributed by atoms with Gasteiger partial charge in [0.2, 0.25) is 5.91 Å². The second-order valence-corrected chi connectivity index (χ2v) is 8.19. The van der Waals surface area contributed by atoms with Crippen LogP contribution < -0.4 is 5.32 Å². The summed E-state index contributed by atoms with van der Waals surface area (Å²) in [5.74, 6) is 2.52. The molecule has 118 valence electrons. The molecule has 2 N–H and O–H groups in total. The van der Waals surface area contributed by atoms with E-state index in [4.69, 9.17) is 5.11 Å². The molecule has 4 aliphatic rings. The van der Waals surface area contributed by atoms with Crippen LogP contribution >= 0.6 is 0 Å². The molecule has 0 aromatic rings. The number of nitrogens with one attached hydrogen (secondary N) is 1. The Bertz CT molecular complexity index is 415. The largest absolute Gasteiger partial charge is 0.481 e. The third kappa shape index (κ3) is 2.82. The molecule has 0 aromatic carbocycles. The Balaban J connectivity index is 1.53. The lowest BCUT2D eigenvalue weighted by Crippen LogP contribution is -2.51. The minimum absolute atomic E-state index is 0.185. The van der Waals surface area contributed by atoms with Crippen LogP contribution in [0.25, 0.3) is 0 Å². The first kappa shape index (κ1) is 14.9. The number of aliphatic carboxylic acids is 1. The molecule has 0 atom stereocenters.